The predicted octanol–water partition coefficient (Wildman–Crippen LogP) is 10.5. The fourth-order valence-corrected chi connectivity index (χ4v) is 6.49. The summed E-state index contributed by atoms with van der Waals surface area (Å²) >= 11 is 1.82. The summed E-state index contributed by atoms with van der Waals surface area (Å²) < 4.78 is 9.02. The molecule has 0 spiro atoms. The van der Waals surface area contributed by atoms with Crippen LogP contribution in [0.4, 0.5) is 17.4 Å². The number of hydrogen-bond acceptors (Lipinski definition) is 4. The summed E-state index contributed by atoms with van der Waals surface area (Å²) in [6.07, 6.45) is 0. The molecule has 2 heterocycles. The van der Waals surface area contributed by atoms with Crippen molar-refractivity contribution in [1.82, 2.24) is 4.98 Å². The maximum absolute atomic E-state index is 6.46. The Labute approximate surface area is 229 Å². The average Bonchev–Trinajstić information content (AvgIpc) is 3.60. The van der Waals surface area contributed by atoms with Gasteiger partial charge < -0.3 is 4.42 Å². The van der Waals surface area contributed by atoms with E-state index in [1.807, 2.05) is 29.5 Å². The second-order valence-corrected chi connectivity index (χ2v) is 10.7. The highest BCUT2D eigenvalue weighted by Gasteiger charge is 2.21. The third-order valence-corrected chi connectivity index (χ3v) is 8.47. The lowest BCUT2D eigenvalue weighted by molar-refractivity contribution is 0.608. The SMILES string of the molecule is c1ccc(-c2ccc(N(c3ccc4sc5ccccc5c4c3)c3nc4c(ccc5ccccc54)o3)cc2)cc1. The van der Waals surface area contributed by atoms with Gasteiger partial charge in [-0.25, -0.2) is 0 Å². The summed E-state index contributed by atoms with van der Waals surface area (Å²) in [5, 5.41) is 4.74. The van der Waals surface area contributed by atoms with Gasteiger partial charge in [0, 0.05) is 25.6 Å². The van der Waals surface area contributed by atoms with E-state index in [1.165, 1.54) is 31.3 Å². The number of anilines is 3. The molecule has 4 heteroatoms. The van der Waals surface area contributed by atoms with E-state index < -0.39 is 0 Å². The van der Waals surface area contributed by atoms with Gasteiger partial charge in [0.1, 0.15) is 5.52 Å². The zero-order valence-corrected chi connectivity index (χ0v) is 21.7. The number of nitrogens with zero attached hydrogens (tertiary/aromatic N) is 2. The van der Waals surface area contributed by atoms with Gasteiger partial charge in [-0.2, -0.15) is 4.98 Å². The van der Waals surface area contributed by atoms with E-state index in [9.17, 15) is 0 Å². The summed E-state index contributed by atoms with van der Waals surface area (Å²) in [5.41, 5.74) is 6.00. The first-order valence-electron chi connectivity index (χ1n) is 13.0. The van der Waals surface area contributed by atoms with Crippen LogP contribution in [0.25, 0.3) is 53.2 Å². The van der Waals surface area contributed by atoms with E-state index in [1.54, 1.807) is 0 Å². The van der Waals surface area contributed by atoms with Crippen molar-refractivity contribution in [2.24, 2.45) is 0 Å². The van der Waals surface area contributed by atoms with E-state index in [-0.39, 0.29) is 0 Å². The normalized spacial score (nSPS) is 11.6. The Kier molecular flexibility index (Phi) is 5.00. The van der Waals surface area contributed by atoms with Crippen molar-refractivity contribution < 1.29 is 4.42 Å². The molecule has 0 radical (unpaired) electrons. The fourth-order valence-electron chi connectivity index (χ4n) is 5.40. The molecule has 0 aliphatic heterocycles. The third-order valence-electron chi connectivity index (χ3n) is 7.31. The van der Waals surface area contributed by atoms with Crippen molar-refractivity contribution >= 4 is 70.8 Å². The minimum absolute atomic E-state index is 0.549. The molecule has 8 rings (SSSR count). The lowest BCUT2D eigenvalue weighted by Gasteiger charge is -2.21. The van der Waals surface area contributed by atoms with E-state index in [4.69, 9.17) is 9.40 Å². The minimum Gasteiger partial charge on any atom is -0.423 e. The quantitative estimate of drug-likeness (QED) is 0.232. The number of hydrogen-bond donors (Lipinski definition) is 0. The maximum atomic E-state index is 6.46. The Hall–Kier alpha value is -4.93. The molecule has 0 aliphatic carbocycles. The molecule has 184 valence electrons. The van der Waals surface area contributed by atoms with Gasteiger partial charge in [-0.3, -0.25) is 4.90 Å². The van der Waals surface area contributed by atoms with E-state index in [0.717, 1.165) is 33.2 Å². The molecule has 3 nitrogen and oxygen atoms in total. The fraction of sp³-hybridized carbons (Fsp3) is 0. The minimum atomic E-state index is 0.549. The van der Waals surface area contributed by atoms with E-state index in [0.29, 0.717) is 6.01 Å². The van der Waals surface area contributed by atoms with Crippen LogP contribution in [0, 0.1) is 0 Å². The zero-order valence-electron chi connectivity index (χ0n) is 20.9. The smallest absolute Gasteiger partial charge is 0.307 e. The van der Waals surface area contributed by atoms with Crippen LogP contribution in [-0.2, 0) is 0 Å². The summed E-state index contributed by atoms with van der Waals surface area (Å²) in [6, 6.07) is 47.2. The third kappa shape index (κ3) is 3.69. The first kappa shape index (κ1) is 22.1. The standard InChI is InChI=1S/C35H22N2OS/c1-2-8-23(9-3-1)24-14-17-26(18-15-24)37(27-19-21-33-30(22-27)29-12-6-7-13-32(29)39-33)35-36-34-28-11-5-4-10-25(28)16-20-31(34)38-35/h1-22H. The lowest BCUT2D eigenvalue weighted by atomic mass is 10.1. The van der Waals surface area contributed by atoms with Crippen molar-refractivity contribution in [3.8, 4) is 11.1 Å². The Bertz CT molecular complexity index is 2120. The van der Waals surface area contributed by atoms with Gasteiger partial charge in [0.05, 0.1) is 11.4 Å². The maximum Gasteiger partial charge on any atom is 0.307 e. The molecule has 0 aliphatic rings. The second-order valence-electron chi connectivity index (χ2n) is 9.66. The van der Waals surface area contributed by atoms with Crippen molar-refractivity contribution in [1.29, 1.82) is 0 Å². The van der Waals surface area contributed by atoms with Crippen molar-refractivity contribution in [3.63, 3.8) is 0 Å². The molecule has 0 atom stereocenters. The van der Waals surface area contributed by atoms with Crippen LogP contribution in [-0.4, -0.2) is 4.98 Å². The Balaban J connectivity index is 1.33. The van der Waals surface area contributed by atoms with Crippen molar-refractivity contribution in [2.45, 2.75) is 0 Å². The van der Waals surface area contributed by atoms with Gasteiger partial charge >= 0.3 is 6.01 Å². The molecule has 8 aromatic rings. The molecule has 0 saturated carbocycles. The van der Waals surface area contributed by atoms with Gasteiger partial charge in [-0.1, -0.05) is 91.0 Å². The molecule has 0 fully saturated rings. The van der Waals surface area contributed by atoms with Crippen molar-refractivity contribution in [2.75, 3.05) is 4.90 Å². The van der Waals surface area contributed by atoms with Crippen molar-refractivity contribution in [3.05, 3.63) is 133 Å². The van der Waals surface area contributed by atoms with Gasteiger partial charge in [-0.15, -0.1) is 11.3 Å². The molecule has 0 bridgehead atoms. The Morgan fingerprint density at radius 2 is 1.23 bits per heavy atom. The van der Waals surface area contributed by atoms with Gasteiger partial charge in [0.15, 0.2) is 5.58 Å². The summed E-state index contributed by atoms with van der Waals surface area (Å²) in [6.45, 7) is 0. The molecule has 6 aromatic carbocycles. The highest BCUT2D eigenvalue weighted by molar-refractivity contribution is 7.25. The molecular formula is C35H22N2OS. The molecular weight excluding hydrogens is 496 g/mol. The van der Waals surface area contributed by atoms with E-state index in [2.05, 4.69) is 120 Å². The second kappa shape index (κ2) is 8.83. The summed E-state index contributed by atoms with van der Waals surface area (Å²) in [5.74, 6) is 0. The van der Waals surface area contributed by atoms with Crippen LogP contribution in [0.3, 0.4) is 0 Å². The highest BCUT2D eigenvalue weighted by Crippen LogP contribution is 2.42. The number of thiophene rings is 1. The average molecular weight is 519 g/mol. The Morgan fingerprint density at radius 3 is 2.10 bits per heavy atom. The number of oxazole rings is 1. The number of rotatable bonds is 4. The molecule has 0 saturated heterocycles. The molecule has 0 unspecified atom stereocenters. The number of fused-ring (bicyclic) bond motifs is 6. The number of benzene rings is 6. The van der Waals surface area contributed by atoms with Crippen LogP contribution in [0.2, 0.25) is 0 Å². The molecule has 0 N–H and O–H groups in total. The van der Waals surface area contributed by atoms with Gasteiger partial charge in [-0.05, 0) is 59.0 Å². The van der Waals surface area contributed by atoms with Gasteiger partial charge in [0.2, 0.25) is 0 Å². The first-order valence-corrected chi connectivity index (χ1v) is 13.8. The summed E-state index contributed by atoms with van der Waals surface area (Å²) in [7, 11) is 0. The topological polar surface area (TPSA) is 29.3 Å². The van der Waals surface area contributed by atoms with Crippen LogP contribution in [0.5, 0.6) is 0 Å². The monoisotopic (exact) mass is 518 g/mol. The highest BCUT2D eigenvalue weighted by atomic mass is 32.1. The summed E-state index contributed by atoms with van der Waals surface area (Å²) in [4.78, 5) is 7.19. The first-order chi connectivity index (χ1) is 19.3. The largest absolute Gasteiger partial charge is 0.423 e. The molecule has 39 heavy (non-hydrogen) atoms. The lowest BCUT2D eigenvalue weighted by Crippen LogP contribution is -2.10. The molecule has 2 aromatic heterocycles. The Morgan fingerprint density at radius 1 is 0.538 bits per heavy atom. The number of aromatic nitrogens is 1. The van der Waals surface area contributed by atoms with Crippen LogP contribution >= 0.6 is 11.3 Å². The van der Waals surface area contributed by atoms with Gasteiger partial charge in [0.25, 0.3) is 0 Å². The van der Waals surface area contributed by atoms with Crippen LogP contribution in [0.15, 0.2) is 138 Å². The van der Waals surface area contributed by atoms with E-state index >= 15 is 0 Å². The van der Waals surface area contributed by atoms with Crippen LogP contribution in [0.1, 0.15) is 0 Å². The predicted molar refractivity (Wildman–Crippen MR) is 165 cm³/mol. The zero-order chi connectivity index (χ0) is 25.8. The molecule has 0 amide bonds. The van der Waals surface area contributed by atoms with Crippen LogP contribution < -0.4 is 4.90 Å².